The molecule has 1 atom stereocenters. The lowest BCUT2D eigenvalue weighted by molar-refractivity contribution is -0.140. The molecule has 11 nitrogen and oxygen atoms in total. The Hall–Kier alpha value is -2.41. The summed E-state index contributed by atoms with van der Waals surface area (Å²) in [6.07, 6.45) is -0.160. The lowest BCUT2D eigenvalue weighted by atomic mass is 10.3. The van der Waals surface area contributed by atoms with Gasteiger partial charge in [0.05, 0.1) is 32.3 Å². The number of benzene rings is 1. The van der Waals surface area contributed by atoms with E-state index >= 15 is 0 Å². The van der Waals surface area contributed by atoms with Crippen LogP contribution in [-0.4, -0.2) is 82.9 Å². The molecule has 2 amide bonds. The third-order valence-electron chi connectivity index (χ3n) is 4.38. The van der Waals surface area contributed by atoms with E-state index in [1.165, 1.54) is 32.4 Å². The molecule has 12 heteroatoms. The third-order valence-corrected chi connectivity index (χ3v) is 6.26. The number of methoxy groups -OCH3 is 2. The highest BCUT2D eigenvalue weighted by Gasteiger charge is 2.35. The van der Waals surface area contributed by atoms with E-state index in [1.807, 2.05) is 0 Å². The van der Waals surface area contributed by atoms with Crippen LogP contribution in [0.15, 0.2) is 23.1 Å². The maximum absolute atomic E-state index is 13.2. The highest BCUT2D eigenvalue weighted by atomic mass is 32.2. The maximum atomic E-state index is 13.2. The molecule has 0 spiro atoms. The van der Waals surface area contributed by atoms with E-state index in [0.717, 1.165) is 4.31 Å². The molecule has 0 aliphatic carbocycles. The van der Waals surface area contributed by atoms with Crippen molar-refractivity contribution in [1.82, 2.24) is 14.9 Å². The van der Waals surface area contributed by atoms with Crippen molar-refractivity contribution in [3.8, 4) is 11.5 Å². The molecule has 0 radical (unpaired) electrons. The van der Waals surface area contributed by atoms with Crippen LogP contribution in [0.4, 0.5) is 0 Å². The van der Waals surface area contributed by atoms with Crippen molar-refractivity contribution < 1.29 is 37.3 Å². The van der Waals surface area contributed by atoms with Crippen LogP contribution in [0.25, 0.3) is 0 Å². The predicted molar refractivity (Wildman–Crippen MR) is 106 cm³/mol. The summed E-state index contributed by atoms with van der Waals surface area (Å²) in [5, 5.41) is 13.4. The fourth-order valence-electron chi connectivity index (χ4n) is 2.84. The maximum Gasteiger partial charge on any atom is 0.309 e. The van der Waals surface area contributed by atoms with Crippen molar-refractivity contribution in [3.63, 3.8) is 0 Å². The van der Waals surface area contributed by atoms with Crippen LogP contribution in [0.5, 0.6) is 11.5 Å². The van der Waals surface area contributed by atoms with E-state index < -0.39 is 28.1 Å². The molecule has 168 valence electrons. The molecule has 1 heterocycles. The number of hydrogen-bond acceptors (Lipinski definition) is 8. The lowest BCUT2D eigenvalue weighted by Gasteiger charge is -2.34. The largest absolute Gasteiger partial charge is 0.493 e. The van der Waals surface area contributed by atoms with Gasteiger partial charge in [-0.3, -0.25) is 9.59 Å². The average Bonchev–Trinajstić information content (AvgIpc) is 2.77. The van der Waals surface area contributed by atoms with Gasteiger partial charge in [-0.1, -0.05) is 0 Å². The van der Waals surface area contributed by atoms with Gasteiger partial charge in [-0.05, 0) is 25.0 Å². The van der Waals surface area contributed by atoms with Crippen LogP contribution < -0.4 is 20.1 Å². The Kier molecular flexibility index (Phi) is 8.84. The second-order valence-electron chi connectivity index (χ2n) is 6.35. The summed E-state index contributed by atoms with van der Waals surface area (Å²) in [6, 6.07) is 4.24. The fraction of sp³-hybridized carbons (Fsp3) is 0.556. The van der Waals surface area contributed by atoms with Gasteiger partial charge in [-0.15, -0.1) is 0 Å². The summed E-state index contributed by atoms with van der Waals surface area (Å²) < 4.78 is 43.3. The molecule has 0 aromatic heterocycles. The van der Waals surface area contributed by atoms with Crippen LogP contribution in [-0.2, 0) is 24.3 Å². The normalized spacial score (nSPS) is 17.2. The van der Waals surface area contributed by atoms with Crippen molar-refractivity contribution in [3.05, 3.63) is 18.2 Å². The number of ether oxygens (including phenoxy) is 3. The number of carbonyl (C=O) groups excluding carboxylic acids is 2. The number of rotatable bonds is 9. The fourth-order valence-corrected chi connectivity index (χ4v) is 4.42. The zero-order valence-electron chi connectivity index (χ0n) is 16.9. The van der Waals surface area contributed by atoms with Gasteiger partial charge in [0.15, 0.2) is 11.5 Å². The first-order chi connectivity index (χ1) is 14.3. The van der Waals surface area contributed by atoms with Crippen LogP contribution in [0, 0.1) is 0 Å². The number of sulfonamides is 1. The molecule has 1 saturated heterocycles. The molecular formula is C18H27N3O8S. The molecule has 1 fully saturated rings. The highest BCUT2D eigenvalue weighted by Crippen LogP contribution is 2.31. The van der Waals surface area contributed by atoms with Crippen LogP contribution >= 0.6 is 0 Å². The Morgan fingerprint density at radius 3 is 2.57 bits per heavy atom. The summed E-state index contributed by atoms with van der Waals surface area (Å²) in [6.45, 7) is 0.364. The topological polar surface area (TPSA) is 143 Å². The van der Waals surface area contributed by atoms with E-state index in [9.17, 15) is 18.0 Å². The summed E-state index contributed by atoms with van der Waals surface area (Å²) in [4.78, 5) is 23.6. The van der Waals surface area contributed by atoms with E-state index in [-0.39, 0.29) is 36.9 Å². The summed E-state index contributed by atoms with van der Waals surface area (Å²) in [7, 11) is -1.11. The summed E-state index contributed by atoms with van der Waals surface area (Å²) in [5.41, 5.74) is 0. The van der Waals surface area contributed by atoms with Gasteiger partial charge in [0, 0.05) is 25.8 Å². The molecule has 1 aliphatic rings. The smallest absolute Gasteiger partial charge is 0.309 e. The Morgan fingerprint density at radius 1 is 1.20 bits per heavy atom. The quantitative estimate of drug-likeness (QED) is 0.326. The zero-order valence-corrected chi connectivity index (χ0v) is 17.7. The number of carbonyl (C=O) groups is 2. The first kappa shape index (κ1) is 23.9. The van der Waals surface area contributed by atoms with Gasteiger partial charge < -0.3 is 30.0 Å². The van der Waals surface area contributed by atoms with Gasteiger partial charge in [0.25, 0.3) is 0 Å². The van der Waals surface area contributed by atoms with Gasteiger partial charge in [-0.25, -0.2) is 8.42 Å². The Bertz CT molecular complexity index is 846. The Morgan fingerprint density at radius 2 is 1.90 bits per heavy atom. The minimum Gasteiger partial charge on any atom is -0.493 e. The number of aliphatic hydroxyl groups excluding tert-OH is 1. The van der Waals surface area contributed by atoms with Crippen LogP contribution in [0.3, 0.4) is 0 Å². The van der Waals surface area contributed by atoms with Crippen molar-refractivity contribution in [2.75, 3.05) is 47.1 Å². The number of amides is 2. The minimum atomic E-state index is -3.96. The van der Waals surface area contributed by atoms with Gasteiger partial charge >= 0.3 is 11.8 Å². The number of hydrogen-bond donors (Lipinski definition) is 3. The van der Waals surface area contributed by atoms with E-state index in [4.69, 9.17) is 19.3 Å². The molecule has 30 heavy (non-hydrogen) atoms. The zero-order chi connectivity index (χ0) is 22.1. The third kappa shape index (κ3) is 5.81. The van der Waals surface area contributed by atoms with Crippen molar-refractivity contribution in [1.29, 1.82) is 0 Å². The van der Waals surface area contributed by atoms with E-state index in [0.29, 0.717) is 25.2 Å². The van der Waals surface area contributed by atoms with Crippen molar-refractivity contribution in [2.24, 2.45) is 0 Å². The molecule has 3 N–H and O–H groups in total. The van der Waals surface area contributed by atoms with E-state index in [2.05, 4.69) is 10.6 Å². The van der Waals surface area contributed by atoms with Gasteiger partial charge in [0.1, 0.15) is 6.23 Å². The predicted octanol–water partition coefficient (Wildman–Crippen LogP) is -0.944. The first-order valence-electron chi connectivity index (χ1n) is 9.37. The SMILES string of the molecule is COc1ccc(S(=O)(=O)N2CCCO[C@H]2CNC(=O)C(=O)NCCCO)cc1OC. The van der Waals surface area contributed by atoms with Gasteiger partial charge in [0.2, 0.25) is 10.0 Å². The number of aliphatic hydroxyl groups is 1. The molecule has 2 rings (SSSR count). The summed E-state index contributed by atoms with van der Waals surface area (Å²) in [5.74, 6) is -1.12. The van der Waals surface area contributed by atoms with Gasteiger partial charge in [-0.2, -0.15) is 4.31 Å². The second-order valence-corrected chi connectivity index (χ2v) is 8.25. The Balaban J connectivity index is 2.11. The highest BCUT2D eigenvalue weighted by molar-refractivity contribution is 7.89. The second kappa shape index (κ2) is 11.1. The monoisotopic (exact) mass is 445 g/mol. The molecule has 0 saturated carbocycles. The summed E-state index contributed by atoms with van der Waals surface area (Å²) >= 11 is 0. The van der Waals surface area contributed by atoms with Crippen molar-refractivity contribution in [2.45, 2.75) is 24.0 Å². The molecule has 0 bridgehead atoms. The molecule has 1 aliphatic heterocycles. The number of nitrogens with one attached hydrogen (secondary N) is 2. The lowest BCUT2D eigenvalue weighted by Crippen LogP contribution is -2.53. The average molecular weight is 445 g/mol. The number of nitrogens with zero attached hydrogens (tertiary/aromatic N) is 1. The molecule has 1 aromatic carbocycles. The van der Waals surface area contributed by atoms with E-state index in [1.54, 1.807) is 0 Å². The first-order valence-corrected chi connectivity index (χ1v) is 10.8. The minimum absolute atomic E-state index is 0.0104. The molecular weight excluding hydrogens is 418 g/mol. The standard InChI is InChI=1S/C18H27N3O8S/c1-27-14-6-5-13(11-15(14)28-2)30(25,26)21-8-4-10-29-16(21)12-20-18(24)17(23)19-7-3-9-22/h5-6,11,16,22H,3-4,7-10,12H2,1-2H3,(H,19,23)(H,20,24)/t16-/m0/s1. The molecule has 0 unspecified atom stereocenters. The molecule has 1 aromatic rings. The van der Waals surface area contributed by atoms with Crippen LogP contribution in [0.1, 0.15) is 12.8 Å². The van der Waals surface area contributed by atoms with Crippen molar-refractivity contribution >= 4 is 21.8 Å². The van der Waals surface area contributed by atoms with Crippen LogP contribution in [0.2, 0.25) is 0 Å². The Labute approximate surface area is 175 Å².